The molecule has 0 unspecified atom stereocenters. The maximum absolute atomic E-state index is 12.3. The summed E-state index contributed by atoms with van der Waals surface area (Å²) in [5.74, 6) is -0.166. The van der Waals surface area contributed by atoms with Crippen LogP contribution in [0.2, 0.25) is 0 Å². The van der Waals surface area contributed by atoms with Gasteiger partial charge in [-0.3, -0.25) is 9.59 Å². The number of carbonyl (C=O) groups is 2. The summed E-state index contributed by atoms with van der Waals surface area (Å²) in [4.78, 5) is 22.9. The van der Waals surface area contributed by atoms with Gasteiger partial charge in [0, 0.05) is 35.1 Å². The quantitative estimate of drug-likeness (QED) is 0.473. The number of ether oxygens (including phenoxy) is 1. The third-order valence-corrected chi connectivity index (χ3v) is 4.63. The lowest BCUT2D eigenvalue weighted by atomic mass is 10.1. The number of rotatable bonds is 8. The highest BCUT2D eigenvalue weighted by atomic mass is 16.5. The number of Topliss-reactive ketones (excluding diaryl/α,β-unsaturated/α-hetero) is 1. The van der Waals surface area contributed by atoms with Crippen LogP contribution in [0.1, 0.15) is 41.4 Å². The van der Waals surface area contributed by atoms with E-state index in [1.165, 1.54) is 5.56 Å². The number of carbonyl (C=O) groups excluding carboxylic acids is 1. The van der Waals surface area contributed by atoms with Gasteiger partial charge in [-0.05, 0) is 44.0 Å². The fourth-order valence-electron chi connectivity index (χ4n) is 3.38. The average molecular weight is 365 g/mol. The highest BCUT2D eigenvalue weighted by molar-refractivity contribution is 6.08. The zero-order chi connectivity index (χ0) is 19.4. The Morgan fingerprint density at radius 1 is 1.11 bits per heavy atom. The van der Waals surface area contributed by atoms with Gasteiger partial charge in [-0.15, -0.1) is 0 Å². The monoisotopic (exact) mass is 365 g/mol. The zero-order valence-electron chi connectivity index (χ0n) is 15.6. The summed E-state index contributed by atoms with van der Waals surface area (Å²) in [6, 6.07) is 15.8. The van der Waals surface area contributed by atoms with Crippen LogP contribution in [0.25, 0.3) is 10.9 Å². The summed E-state index contributed by atoms with van der Waals surface area (Å²) >= 11 is 0. The smallest absolute Gasteiger partial charge is 0.303 e. The molecule has 0 saturated carbocycles. The first-order chi connectivity index (χ1) is 13.0. The molecule has 0 spiro atoms. The Balaban J connectivity index is 1.94. The standard InChI is InChI=1S/C22H23NO4/c1-15-22(16(2)24)19-13-18(27-12-6-9-21(25)26)10-11-20(19)23(15)14-17-7-4-3-5-8-17/h3-5,7-8,10-11,13H,6,9,12,14H2,1-2H3,(H,25,26). The number of ketones is 1. The van der Waals surface area contributed by atoms with Gasteiger partial charge in [-0.2, -0.15) is 0 Å². The largest absolute Gasteiger partial charge is 0.494 e. The van der Waals surface area contributed by atoms with E-state index in [2.05, 4.69) is 16.7 Å². The molecule has 0 amide bonds. The molecule has 1 heterocycles. The number of hydrogen-bond donors (Lipinski definition) is 1. The van der Waals surface area contributed by atoms with E-state index in [0.29, 0.717) is 30.9 Å². The number of carboxylic acids is 1. The predicted octanol–water partition coefficient (Wildman–Crippen LogP) is 4.44. The van der Waals surface area contributed by atoms with Crippen molar-refractivity contribution in [3.05, 3.63) is 65.4 Å². The van der Waals surface area contributed by atoms with Crippen LogP contribution < -0.4 is 4.74 Å². The molecular weight excluding hydrogens is 342 g/mol. The molecule has 5 heteroatoms. The lowest BCUT2D eigenvalue weighted by molar-refractivity contribution is -0.137. The van der Waals surface area contributed by atoms with E-state index in [1.807, 2.05) is 43.3 Å². The first-order valence-electron chi connectivity index (χ1n) is 8.99. The number of aliphatic carboxylic acids is 1. The van der Waals surface area contributed by atoms with E-state index in [-0.39, 0.29) is 12.2 Å². The third kappa shape index (κ3) is 4.19. The van der Waals surface area contributed by atoms with Gasteiger partial charge in [0.15, 0.2) is 5.78 Å². The average Bonchev–Trinajstić information content (AvgIpc) is 2.91. The molecule has 0 aliphatic rings. The van der Waals surface area contributed by atoms with Crippen LogP contribution in [0.4, 0.5) is 0 Å². The minimum Gasteiger partial charge on any atom is -0.494 e. The van der Waals surface area contributed by atoms with Crippen molar-refractivity contribution in [1.82, 2.24) is 4.57 Å². The third-order valence-electron chi connectivity index (χ3n) is 4.63. The molecule has 0 radical (unpaired) electrons. The van der Waals surface area contributed by atoms with E-state index in [1.54, 1.807) is 6.92 Å². The lowest BCUT2D eigenvalue weighted by Crippen LogP contribution is -2.03. The maximum atomic E-state index is 12.3. The van der Waals surface area contributed by atoms with Crippen molar-refractivity contribution in [2.24, 2.45) is 0 Å². The van der Waals surface area contributed by atoms with E-state index < -0.39 is 5.97 Å². The van der Waals surface area contributed by atoms with Crippen LogP contribution in [-0.4, -0.2) is 28.0 Å². The molecule has 3 aromatic rings. The SMILES string of the molecule is CC(=O)c1c(C)n(Cc2ccccc2)c2ccc(OCCCC(=O)O)cc12. The van der Waals surface area contributed by atoms with Crippen LogP contribution in [0, 0.1) is 6.92 Å². The predicted molar refractivity (Wildman–Crippen MR) is 105 cm³/mol. The Morgan fingerprint density at radius 2 is 1.85 bits per heavy atom. The molecule has 0 aliphatic carbocycles. The maximum Gasteiger partial charge on any atom is 0.303 e. The van der Waals surface area contributed by atoms with E-state index >= 15 is 0 Å². The van der Waals surface area contributed by atoms with Crippen molar-refractivity contribution in [3.63, 3.8) is 0 Å². The number of carboxylic acid groups (broad SMARTS) is 1. The van der Waals surface area contributed by atoms with Crippen molar-refractivity contribution in [3.8, 4) is 5.75 Å². The zero-order valence-corrected chi connectivity index (χ0v) is 15.6. The summed E-state index contributed by atoms with van der Waals surface area (Å²) < 4.78 is 7.83. The van der Waals surface area contributed by atoms with Gasteiger partial charge >= 0.3 is 5.97 Å². The summed E-state index contributed by atoms with van der Waals surface area (Å²) in [6.07, 6.45) is 0.522. The van der Waals surface area contributed by atoms with Gasteiger partial charge in [0.05, 0.1) is 6.61 Å². The number of aromatic nitrogens is 1. The van der Waals surface area contributed by atoms with Crippen molar-refractivity contribution >= 4 is 22.7 Å². The molecule has 5 nitrogen and oxygen atoms in total. The first-order valence-corrected chi connectivity index (χ1v) is 8.99. The van der Waals surface area contributed by atoms with Crippen molar-refractivity contribution in [2.45, 2.75) is 33.2 Å². The Hall–Kier alpha value is -3.08. The van der Waals surface area contributed by atoms with Gasteiger partial charge in [-0.1, -0.05) is 30.3 Å². The van der Waals surface area contributed by atoms with Gasteiger partial charge in [0.2, 0.25) is 0 Å². The molecule has 3 rings (SSSR count). The molecule has 2 aromatic carbocycles. The summed E-state index contributed by atoms with van der Waals surface area (Å²) in [5, 5.41) is 9.58. The molecule has 0 aliphatic heterocycles. The second-order valence-corrected chi connectivity index (χ2v) is 6.61. The van der Waals surface area contributed by atoms with Crippen LogP contribution in [0.5, 0.6) is 5.75 Å². The molecule has 140 valence electrons. The highest BCUT2D eigenvalue weighted by Crippen LogP contribution is 2.30. The molecule has 1 N–H and O–H groups in total. The van der Waals surface area contributed by atoms with Gasteiger partial charge in [-0.25, -0.2) is 0 Å². The molecule has 0 bridgehead atoms. The second kappa shape index (κ2) is 8.08. The topological polar surface area (TPSA) is 68.5 Å². The minimum absolute atomic E-state index is 0.0207. The fourth-order valence-corrected chi connectivity index (χ4v) is 3.38. The first kappa shape index (κ1) is 18.7. The van der Waals surface area contributed by atoms with E-state index in [9.17, 15) is 9.59 Å². The second-order valence-electron chi connectivity index (χ2n) is 6.61. The van der Waals surface area contributed by atoms with Crippen molar-refractivity contribution < 1.29 is 19.4 Å². The van der Waals surface area contributed by atoms with Crippen LogP contribution in [-0.2, 0) is 11.3 Å². The van der Waals surface area contributed by atoms with Gasteiger partial charge in [0.1, 0.15) is 5.75 Å². The Kier molecular flexibility index (Phi) is 5.60. The van der Waals surface area contributed by atoms with Crippen LogP contribution >= 0.6 is 0 Å². The summed E-state index contributed by atoms with van der Waals surface area (Å²) in [6.45, 7) is 4.56. The summed E-state index contributed by atoms with van der Waals surface area (Å²) in [5.41, 5.74) is 3.79. The van der Waals surface area contributed by atoms with Crippen LogP contribution in [0.15, 0.2) is 48.5 Å². The number of fused-ring (bicyclic) bond motifs is 1. The van der Waals surface area contributed by atoms with Crippen LogP contribution in [0.3, 0.4) is 0 Å². The highest BCUT2D eigenvalue weighted by Gasteiger charge is 2.18. The molecule has 0 saturated heterocycles. The fraction of sp³-hybridized carbons (Fsp3) is 0.273. The van der Waals surface area contributed by atoms with Crippen molar-refractivity contribution in [1.29, 1.82) is 0 Å². The van der Waals surface area contributed by atoms with Gasteiger partial charge in [0.25, 0.3) is 0 Å². The van der Waals surface area contributed by atoms with Gasteiger partial charge < -0.3 is 14.4 Å². The molecule has 0 atom stereocenters. The molecule has 27 heavy (non-hydrogen) atoms. The molecule has 0 fully saturated rings. The van der Waals surface area contributed by atoms with E-state index in [4.69, 9.17) is 9.84 Å². The number of nitrogens with zero attached hydrogens (tertiary/aromatic N) is 1. The Morgan fingerprint density at radius 3 is 2.52 bits per heavy atom. The molecular formula is C22H23NO4. The van der Waals surface area contributed by atoms with E-state index in [0.717, 1.165) is 16.6 Å². The molecule has 1 aromatic heterocycles. The Bertz CT molecular complexity index is 973. The summed E-state index contributed by atoms with van der Waals surface area (Å²) in [7, 11) is 0. The minimum atomic E-state index is -0.832. The normalized spacial score (nSPS) is 10.9. The number of benzene rings is 2. The van der Waals surface area contributed by atoms with Crippen molar-refractivity contribution in [2.75, 3.05) is 6.61 Å². The Labute approximate surface area is 158 Å². The lowest BCUT2D eigenvalue weighted by Gasteiger charge is -2.09. The number of hydrogen-bond acceptors (Lipinski definition) is 3.